The van der Waals surface area contributed by atoms with Crippen LogP contribution in [0.2, 0.25) is 0 Å². The molecule has 17 heavy (non-hydrogen) atoms. The van der Waals surface area contributed by atoms with Crippen LogP contribution in [0, 0.1) is 17.8 Å². The summed E-state index contributed by atoms with van der Waals surface area (Å²) >= 11 is 0. The highest BCUT2D eigenvalue weighted by Crippen LogP contribution is 2.44. The van der Waals surface area contributed by atoms with Gasteiger partial charge in [0.2, 0.25) is 0 Å². The number of carbonyl (C=O) groups excluding carboxylic acids is 1. The van der Waals surface area contributed by atoms with E-state index in [1.165, 1.54) is 12.8 Å². The lowest BCUT2D eigenvalue weighted by Crippen LogP contribution is -2.35. The van der Waals surface area contributed by atoms with E-state index < -0.39 is 5.60 Å². The first-order chi connectivity index (χ1) is 7.90. The Morgan fingerprint density at radius 2 is 2.00 bits per heavy atom. The van der Waals surface area contributed by atoms with Crippen molar-refractivity contribution in [3.8, 4) is 0 Å². The van der Waals surface area contributed by atoms with Gasteiger partial charge in [0, 0.05) is 25.6 Å². The Kier molecular flexibility index (Phi) is 3.34. The summed E-state index contributed by atoms with van der Waals surface area (Å²) in [7, 11) is 0. The van der Waals surface area contributed by atoms with Crippen LogP contribution in [0.25, 0.3) is 0 Å². The van der Waals surface area contributed by atoms with Crippen LogP contribution in [0.3, 0.4) is 0 Å². The molecule has 2 aliphatic rings. The first-order valence-electron chi connectivity index (χ1n) is 6.49. The molecule has 1 amide bonds. The Balaban J connectivity index is 1.92. The van der Waals surface area contributed by atoms with Crippen molar-refractivity contribution in [2.24, 2.45) is 17.8 Å². The summed E-state index contributed by atoms with van der Waals surface area (Å²) in [6.07, 6.45) is 2.27. The summed E-state index contributed by atoms with van der Waals surface area (Å²) < 4.78 is 5.37. The molecule has 2 fully saturated rings. The molecule has 1 aliphatic heterocycles. The molecule has 98 valence electrons. The number of likely N-dealkylation sites (tertiary alicyclic amines) is 1. The van der Waals surface area contributed by atoms with Gasteiger partial charge in [0.1, 0.15) is 5.60 Å². The van der Waals surface area contributed by atoms with Gasteiger partial charge in [0.25, 0.3) is 0 Å². The molecule has 1 heterocycles. The third kappa shape index (κ3) is 3.12. The van der Waals surface area contributed by atoms with E-state index in [9.17, 15) is 9.90 Å². The minimum Gasteiger partial charge on any atom is -0.444 e. The Bertz CT molecular complexity index is 294. The van der Waals surface area contributed by atoms with E-state index >= 15 is 0 Å². The van der Waals surface area contributed by atoms with Crippen molar-refractivity contribution in [1.82, 2.24) is 4.90 Å². The van der Waals surface area contributed by atoms with Crippen LogP contribution in [0.5, 0.6) is 0 Å². The monoisotopic (exact) mass is 241 g/mol. The molecule has 4 heteroatoms. The highest BCUT2D eigenvalue weighted by atomic mass is 16.6. The molecule has 1 saturated heterocycles. The number of aliphatic hydroxyl groups excluding tert-OH is 1. The summed E-state index contributed by atoms with van der Waals surface area (Å²) in [5.41, 5.74) is -0.441. The van der Waals surface area contributed by atoms with E-state index in [1.807, 2.05) is 20.8 Å². The van der Waals surface area contributed by atoms with Gasteiger partial charge in [-0.25, -0.2) is 4.79 Å². The zero-order valence-electron chi connectivity index (χ0n) is 11.0. The average molecular weight is 241 g/mol. The molecule has 0 aromatic heterocycles. The van der Waals surface area contributed by atoms with Gasteiger partial charge in [-0.1, -0.05) is 0 Å². The predicted octanol–water partition coefficient (Wildman–Crippen LogP) is 1.87. The molecular weight excluding hydrogens is 218 g/mol. The number of amides is 1. The maximum Gasteiger partial charge on any atom is 0.410 e. The zero-order chi connectivity index (χ0) is 12.6. The first kappa shape index (κ1) is 12.7. The molecule has 1 saturated carbocycles. The molecule has 0 radical (unpaired) electrons. The fourth-order valence-corrected chi connectivity index (χ4v) is 2.62. The second-order valence-corrected chi connectivity index (χ2v) is 6.33. The summed E-state index contributed by atoms with van der Waals surface area (Å²) in [4.78, 5) is 13.7. The Morgan fingerprint density at radius 3 is 2.47 bits per heavy atom. The standard InChI is InChI=1S/C13H23NO3/c1-13(2,3)17-12(16)14-6-10(8-15)11(7-14)9-4-5-9/h9-11,15H,4-8H2,1-3H3. The van der Waals surface area contributed by atoms with Gasteiger partial charge in [-0.2, -0.15) is 0 Å². The maximum absolute atomic E-state index is 11.9. The number of rotatable bonds is 2. The maximum atomic E-state index is 11.9. The van der Waals surface area contributed by atoms with Crippen LogP contribution >= 0.6 is 0 Å². The van der Waals surface area contributed by atoms with Gasteiger partial charge >= 0.3 is 6.09 Å². The molecule has 2 unspecified atom stereocenters. The third-order valence-corrected chi connectivity index (χ3v) is 3.61. The fraction of sp³-hybridized carbons (Fsp3) is 0.923. The van der Waals surface area contributed by atoms with Gasteiger partial charge in [-0.3, -0.25) is 0 Å². The predicted molar refractivity (Wildman–Crippen MR) is 64.6 cm³/mol. The van der Waals surface area contributed by atoms with Crippen LogP contribution in [-0.2, 0) is 4.74 Å². The molecule has 4 nitrogen and oxygen atoms in total. The normalized spacial score (nSPS) is 29.5. The van der Waals surface area contributed by atoms with Gasteiger partial charge in [0.15, 0.2) is 0 Å². The van der Waals surface area contributed by atoms with Crippen molar-refractivity contribution >= 4 is 6.09 Å². The number of ether oxygens (including phenoxy) is 1. The topological polar surface area (TPSA) is 49.8 Å². The van der Waals surface area contributed by atoms with Crippen molar-refractivity contribution in [3.63, 3.8) is 0 Å². The molecule has 0 aromatic rings. The largest absolute Gasteiger partial charge is 0.444 e. The Hall–Kier alpha value is -0.770. The molecule has 0 bridgehead atoms. The number of hydrogen-bond donors (Lipinski definition) is 1. The number of aliphatic hydroxyl groups is 1. The fourth-order valence-electron chi connectivity index (χ4n) is 2.62. The third-order valence-electron chi connectivity index (χ3n) is 3.61. The van der Waals surface area contributed by atoms with E-state index in [4.69, 9.17) is 4.74 Å². The van der Waals surface area contributed by atoms with E-state index in [1.54, 1.807) is 4.90 Å². The molecule has 2 atom stereocenters. The highest BCUT2D eigenvalue weighted by molar-refractivity contribution is 5.68. The van der Waals surface area contributed by atoms with Gasteiger partial charge in [0.05, 0.1) is 0 Å². The van der Waals surface area contributed by atoms with E-state index in [0.717, 1.165) is 12.5 Å². The van der Waals surface area contributed by atoms with Crippen LogP contribution in [0.1, 0.15) is 33.6 Å². The number of hydrogen-bond acceptors (Lipinski definition) is 3. The average Bonchev–Trinajstić information content (AvgIpc) is 2.95. The highest BCUT2D eigenvalue weighted by Gasteiger charge is 2.44. The number of carbonyl (C=O) groups is 1. The molecule has 0 spiro atoms. The van der Waals surface area contributed by atoms with E-state index in [-0.39, 0.29) is 18.6 Å². The lowest BCUT2D eigenvalue weighted by molar-refractivity contribution is 0.0280. The van der Waals surface area contributed by atoms with Crippen LogP contribution in [0.4, 0.5) is 4.79 Å². The van der Waals surface area contributed by atoms with E-state index in [0.29, 0.717) is 12.5 Å². The molecule has 1 N–H and O–H groups in total. The quantitative estimate of drug-likeness (QED) is 0.803. The van der Waals surface area contributed by atoms with Gasteiger partial charge in [-0.15, -0.1) is 0 Å². The van der Waals surface area contributed by atoms with Crippen LogP contribution in [-0.4, -0.2) is 41.4 Å². The minimum absolute atomic E-state index is 0.181. The molecule has 2 rings (SSSR count). The first-order valence-corrected chi connectivity index (χ1v) is 6.49. The second kappa shape index (κ2) is 4.48. The van der Waals surface area contributed by atoms with Crippen molar-refractivity contribution in [2.45, 2.75) is 39.2 Å². The second-order valence-electron chi connectivity index (χ2n) is 6.33. The van der Waals surface area contributed by atoms with Crippen molar-refractivity contribution in [2.75, 3.05) is 19.7 Å². The smallest absolute Gasteiger partial charge is 0.410 e. The SMILES string of the molecule is CC(C)(C)OC(=O)N1CC(CO)C(C2CC2)C1. The van der Waals surface area contributed by atoms with Crippen molar-refractivity contribution in [1.29, 1.82) is 0 Å². The lowest BCUT2D eigenvalue weighted by Gasteiger charge is -2.24. The number of nitrogens with zero attached hydrogens (tertiary/aromatic N) is 1. The van der Waals surface area contributed by atoms with Gasteiger partial charge in [-0.05, 0) is 45.4 Å². The van der Waals surface area contributed by atoms with Gasteiger partial charge < -0.3 is 14.7 Å². The van der Waals surface area contributed by atoms with Crippen LogP contribution in [0.15, 0.2) is 0 Å². The van der Waals surface area contributed by atoms with Crippen molar-refractivity contribution in [3.05, 3.63) is 0 Å². The summed E-state index contributed by atoms with van der Waals surface area (Å²) in [6, 6.07) is 0. The summed E-state index contributed by atoms with van der Waals surface area (Å²) in [5.74, 6) is 1.45. The summed E-state index contributed by atoms with van der Waals surface area (Å²) in [5, 5.41) is 9.37. The molecule has 0 aromatic carbocycles. The summed E-state index contributed by atoms with van der Waals surface area (Å²) in [6.45, 7) is 7.21. The Morgan fingerprint density at radius 1 is 1.35 bits per heavy atom. The minimum atomic E-state index is -0.441. The lowest BCUT2D eigenvalue weighted by atomic mass is 9.92. The molecule has 1 aliphatic carbocycles. The van der Waals surface area contributed by atoms with Crippen LogP contribution < -0.4 is 0 Å². The zero-order valence-corrected chi connectivity index (χ0v) is 11.0. The Labute approximate surface area is 103 Å². The van der Waals surface area contributed by atoms with Crippen molar-refractivity contribution < 1.29 is 14.6 Å². The molecular formula is C13H23NO3. The van der Waals surface area contributed by atoms with E-state index in [2.05, 4.69) is 0 Å².